The van der Waals surface area contributed by atoms with Crippen LogP contribution in [0.5, 0.6) is 0 Å². The molecular formula is C28H33FN2O9. The molecule has 40 heavy (non-hydrogen) atoms. The first-order valence-electron chi connectivity index (χ1n) is 12.5. The number of aliphatic hydroxyl groups excluding tert-OH is 3. The average Bonchev–Trinajstić information content (AvgIpc) is 2.99. The summed E-state index contributed by atoms with van der Waals surface area (Å²) in [5.74, 6) is -4.95. The van der Waals surface area contributed by atoms with Crippen LogP contribution in [-0.2, 0) is 23.8 Å². The van der Waals surface area contributed by atoms with Crippen LogP contribution in [0.15, 0.2) is 67.3 Å². The molecule has 0 radical (unpaired) electrons. The van der Waals surface area contributed by atoms with Crippen LogP contribution in [-0.4, -0.2) is 96.3 Å². The molecule has 1 heterocycles. The van der Waals surface area contributed by atoms with Crippen LogP contribution >= 0.6 is 0 Å². The predicted molar refractivity (Wildman–Crippen MR) is 141 cm³/mol. The zero-order chi connectivity index (χ0) is 29.3. The lowest BCUT2D eigenvalue weighted by Crippen LogP contribution is -2.68. The maximum Gasteiger partial charge on any atom is 0.366 e. The van der Waals surface area contributed by atoms with Crippen LogP contribution in [0.1, 0.15) is 16.8 Å². The molecule has 2 aromatic rings. The summed E-state index contributed by atoms with van der Waals surface area (Å²) in [6, 6.07) is 14.8. The van der Waals surface area contributed by atoms with Crippen molar-refractivity contribution in [3.63, 3.8) is 0 Å². The third kappa shape index (κ3) is 7.29. The number of rotatable bonds is 12. The molecule has 11 nitrogen and oxygen atoms in total. The van der Waals surface area contributed by atoms with E-state index in [0.29, 0.717) is 5.56 Å². The minimum atomic E-state index is -2.23. The normalized spacial score (nSPS) is 23.9. The van der Waals surface area contributed by atoms with Gasteiger partial charge in [0.05, 0.1) is 32.0 Å². The molecule has 0 saturated carbocycles. The number of aliphatic hydroxyl groups is 3. The van der Waals surface area contributed by atoms with E-state index < -0.39 is 73.7 Å². The fourth-order valence-electron chi connectivity index (χ4n) is 4.36. The van der Waals surface area contributed by atoms with E-state index in [4.69, 9.17) is 14.2 Å². The Kier molecular flexibility index (Phi) is 10.9. The number of alkyl halides is 1. The monoisotopic (exact) mass is 560 g/mol. The van der Waals surface area contributed by atoms with Gasteiger partial charge in [-0.3, -0.25) is 9.59 Å². The lowest BCUT2D eigenvalue weighted by atomic mass is 9.88. The molecule has 3 rings (SSSR count). The van der Waals surface area contributed by atoms with Crippen LogP contribution in [0, 0.1) is 0 Å². The molecular weight excluding hydrogens is 527 g/mol. The van der Waals surface area contributed by atoms with Crippen LogP contribution in [0.25, 0.3) is 11.1 Å². The smallest absolute Gasteiger partial charge is 0.366 e. The third-order valence-corrected chi connectivity index (χ3v) is 6.41. The Morgan fingerprint density at radius 3 is 2.40 bits per heavy atom. The number of esters is 1. The average molecular weight is 561 g/mol. The van der Waals surface area contributed by atoms with E-state index >= 15 is 0 Å². The van der Waals surface area contributed by atoms with Gasteiger partial charge in [-0.15, -0.1) is 6.58 Å². The fraction of sp³-hybridized carbons (Fsp3) is 0.393. The first kappa shape index (κ1) is 30.9. The Labute approximate surface area is 230 Å². The molecule has 1 fully saturated rings. The number of carbonyl (C=O) groups excluding carboxylic acids is 3. The quantitative estimate of drug-likeness (QED) is 0.184. The maximum absolute atomic E-state index is 12.9. The highest BCUT2D eigenvalue weighted by atomic mass is 19.1. The molecule has 5 N–H and O–H groups in total. The minimum absolute atomic E-state index is 0.214. The molecule has 0 aliphatic carbocycles. The summed E-state index contributed by atoms with van der Waals surface area (Å²) < 4.78 is 28.9. The van der Waals surface area contributed by atoms with E-state index in [1.54, 1.807) is 24.3 Å². The summed E-state index contributed by atoms with van der Waals surface area (Å²) in [5, 5.41) is 37.1. The van der Waals surface area contributed by atoms with Crippen molar-refractivity contribution in [3.8, 4) is 11.1 Å². The number of carbonyl (C=O) groups is 3. The van der Waals surface area contributed by atoms with E-state index in [0.717, 1.165) is 18.2 Å². The van der Waals surface area contributed by atoms with Crippen molar-refractivity contribution in [1.29, 1.82) is 0 Å². The van der Waals surface area contributed by atoms with Gasteiger partial charge in [-0.2, -0.15) is 0 Å². The van der Waals surface area contributed by atoms with Gasteiger partial charge in [0, 0.05) is 18.5 Å². The number of methoxy groups -OCH3 is 1. The van der Waals surface area contributed by atoms with Crippen LogP contribution < -0.4 is 10.6 Å². The number of nitrogens with one attached hydrogen (secondary N) is 2. The highest BCUT2D eigenvalue weighted by molar-refractivity contribution is 5.94. The van der Waals surface area contributed by atoms with Gasteiger partial charge in [0.2, 0.25) is 0 Å². The summed E-state index contributed by atoms with van der Waals surface area (Å²) in [5.41, 5.74) is 2.16. The summed E-state index contributed by atoms with van der Waals surface area (Å²) in [7, 11) is 1.05. The summed E-state index contributed by atoms with van der Waals surface area (Å²) in [4.78, 5) is 37.0. The van der Waals surface area contributed by atoms with Crippen LogP contribution in [0.2, 0.25) is 0 Å². The van der Waals surface area contributed by atoms with Gasteiger partial charge in [-0.05, 0) is 23.3 Å². The molecule has 0 bridgehead atoms. The van der Waals surface area contributed by atoms with Crippen molar-refractivity contribution >= 4 is 17.8 Å². The maximum atomic E-state index is 12.9. The topological polar surface area (TPSA) is 164 Å². The highest BCUT2D eigenvalue weighted by Crippen LogP contribution is 2.34. The second-order valence-electron chi connectivity index (χ2n) is 9.14. The van der Waals surface area contributed by atoms with Crippen LogP contribution in [0.4, 0.5) is 4.39 Å². The largest absolute Gasteiger partial charge is 0.465 e. The number of ether oxygens (including phenoxy) is 3. The van der Waals surface area contributed by atoms with E-state index in [-0.39, 0.29) is 6.61 Å². The van der Waals surface area contributed by atoms with Gasteiger partial charge in [0.1, 0.15) is 12.2 Å². The first-order chi connectivity index (χ1) is 19.2. The Morgan fingerprint density at radius 2 is 1.80 bits per heavy atom. The number of hydrogen-bond donors (Lipinski definition) is 5. The molecule has 6 atom stereocenters. The van der Waals surface area contributed by atoms with Crippen molar-refractivity contribution in [2.24, 2.45) is 0 Å². The third-order valence-electron chi connectivity index (χ3n) is 6.41. The second kappa shape index (κ2) is 14.1. The van der Waals surface area contributed by atoms with Crippen LogP contribution in [0.3, 0.4) is 0 Å². The van der Waals surface area contributed by atoms with E-state index in [1.165, 1.54) is 6.08 Å². The van der Waals surface area contributed by atoms with Crippen molar-refractivity contribution in [2.45, 2.75) is 42.7 Å². The zero-order valence-corrected chi connectivity index (χ0v) is 21.9. The Bertz CT molecular complexity index is 1160. The number of hydrogen-bond acceptors (Lipinski definition) is 9. The van der Waals surface area contributed by atoms with E-state index in [2.05, 4.69) is 17.2 Å². The van der Waals surface area contributed by atoms with Gasteiger partial charge in [0.25, 0.3) is 17.6 Å². The van der Waals surface area contributed by atoms with Gasteiger partial charge < -0.3 is 40.2 Å². The summed E-state index contributed by atoms with van der Waals surface area (Å²) in [6.07, 6.45) is -6.10. The van der Waals surface area contributed by atoms with E-state index in [9.17, 15) is 34.1 Å². The highest BCUT2D eigenvalue weighted by Gasteiger charge is 2.56. The van der Waals surface area contributed by atoms with Crippen molar-refractivity contribution in [2.75, 3.05) is 26.9 Å². The van der Waals surface area contributed by atoms with Crippen molar-refractivity contribution < 1.29 is 48.3 Å². The van der Waals surface area contributed by atoms with Crippen molar-refractivity contribution in [1.82, 2.24) is 10.6 Å². The zero-order valence-electron chi connectivity index (χ0n) is 21.9. The van der Waals surface area contributed by atoms with E-state index in [1.807, 2.05) is 30.3 Å². The minimum Gasteiger partial charge on any atom is -0.465 e. The molecule has 0 aromatic heterocycles. The SMILES string of the molecule is C=CCOC1(C(=O)OC)CC(O)C(NC(=O)CF)C(C(O)C(O)CNC(=O)c2ccc(-c3ccccc3)cc2)O1. The number of benzene rings is 2. The molecule has 0 spiro atoms. The van der Waals surface area contributed by atoms with Crippen molar-refractivity contribution in [3.05, 3.63) is 72.8 Å². The number of halogens is 1. The molecule has 1 aliphatic heterocycles. The lowest BCUT2D eigenvalue weighted by molar-refractivity contribution is -0.308. The second-order valence-corrected chi connectivity index (χ2v) is 9.14. The number of amides is 2. The summed E-state index contributed by atoms with van der Waals surface area (Å²) in [6.45, 7) is 1.38. The molecule has 1 saturated heterocycles. The van der Waals surface area contributed by atoms with Gasteiger partial charge >= 0.3 is 5.97 Å². The molecule has 216 valence electrons. The Hall–Kier alpha value is -3.68. The first-order valence-corrected chi connectivity index (χ1v) is 12.5. The Morgan fingerprint density at radius 1 is 1.15 bits per heavy atom. The van der Waals surface area contributed by atoms with Gasteiger partial charge in [-0.1, -0.05) is 48.5 Å². The van der Waals surface area contributed by atoms with Gasteiger partial charge in [0.15, 0.2) is 6.67 Å². The fourth-order valence-corrected chi connectivity index (χ4v) is 4.36. The molecule has 2 aromatic carbocycles. The predicted octanol–water partition coefficient (Wildman–Crippen LogP) is 0.481. The standard InChI is InChI=1S/C28H33FN2O9/c1-3-13-39-28(27(37)38-2)14-20(32)23(31-22(34)15-29)25(40-28)24(35)21(33)16-30-26(36)19-11-9-18(10-12-19)17-7-5-4-6-8-17/h3-12,20-21,23-25,32-33,35H,1,13-16H2,2H3,(H,30,36)(H,31,34). The van der Waals surface area contributed by atoms with Gasteiger partial charge in [-0.25, -0.2) is 9.18 Å². The molecule has 6 unspecified atom stereocenters. The lowest BCUT2D eigenvalue weighted by Gasteiger charge is -2.46. The summed E-state index contributed by atoms with van der Waals surface area (Å²) >= 11 is 0. The molecule has 2 amide bonds. The Balaban J connectivity index is 1.74. The molecule has 1 aliphatic rings. The molecule has 12 heteroatoms.